The largest absolute Gasteiger partial charge is 0.333 e. The third-order valence-electron chi connectivity index (χ3n) is 1.94. The summed E-state index contributed by atoms with van der Waals surface area (Å²) < 4.78 is 0. The van der Waals surface area contributed by atoms with Crippen LogP contribution in [0.3, 0.4) is 0 Å². The van der Waals surface area contributed by atoms with Gasteiger partial charge in [-0.2, -0.15) is 0 Å². The SMILES string of the molecule is CCN(CNC(=O)c1ccccc1)N=O. The van der Waals surface area contributed by atoms with Crippen molar-refractivity contribution in [3.8, 4) is 0 Å². The summed E-state index contributed by atoms with van der Waals surface area (Å²) in [6, 6.07) is 8.82. The minimum Gasteiger partial charge on any atom is -0.333 e. The third-order valence-corrected chi connectivity index (χ3v) is 1.94. The van der Waals surface area contributed by atoms with Crippen molar-refractivity contribution >= 4 is 5.91 Å². The maximum atomic E-state index is 11.5. The van der Waals surface area contributed by atoms with Crippen molar-refractivity contribution in [1.29, 1.82) is 0 Å². The van der Waals surface area contributed by atoms with Crippen LogP contribution in [0.4, 0.5) is 0 Å². The minimum absolute atomic E-state index is 0.133. The van der Waals surface area contributed by atoms with Gasteiger partial charge < -0.3 is 5.32 Å². The number of nitroso groups, excluding NO2 is 1. The van der Waals surface area contributed by atoms with Gasteiger partial charge in [0.1, 0.15) is 6.67 Å². The van der Waals surface area contributed by atoms with E-state index in [1.54, 1.807) is 31.2 Å². The van der Waals surface area contributed by atoms with Crippen molar-refractivity contribution in [1.82, 2.24) is 10.3 Å². The van der Waals surface area contributed by atoms with E-state index in [0.717, 1.165) is 0 Å². The lowest BCUT2D eigenvalue weighted by Crippen LogP contribution is -2.34. The number of benzene rings is 1. The number of carbonyl (C=O) groups excluding carboxylic acids is 1. The predicted molar refractivity (Wildman–Crippen MR) is 57.0 cm³/mol. The van der Waals surface area contributed by atoms with Gasteiger partial charge in [-0.3, -0.25) is 4.79 Å². The van der Waals surface area contributed by atoms with Crippen LogP contribution < -0.4 is 5.32 Å². The molecule has 0 unspecified atom stereocenters. The van der Waals surface area contributed by atoms with Gasteiger partial charge in [-0.05, 0) is 19.1 Å². The van der Waals surface area contributed by atoms with Crippen LogP contribution in [-0.4, -0.2) is 24.1 Å². The van der Waals surface area contributed by atoms with E-state index in [2.05, 4.69) is 10.6 Å². The van der Waals surface area contributed by atoms with E-state index >= 15 is 0 Å². The molecule has 0 fully saturated rings. The quantitative estimate of drug-likeness (QED) is 0.450. The zero-order valence-electron chi connectivity index (χ0n) is 8.51. The average molecular weight is 207 g/mol. The molecule has 0 aliphatic heterocycles. The number of hydrogen-bond acceptors (Lipinski definition) is 3. The molecule has 1 rings (SSSR count). The highest BCUT2D eigenvalue weighted by Gasteiger charge is 2.05. The molecule has 0 aromatic heterocycles. The molecule has 1 aromatic carbocycles. The van der Waals surface area contributed by atoms with Crippen LogP contribution in [0.5, 0.6) is 0 Å². The van der Waals surface area contributed by atoms with Crippen LogP contribution in [-0.2, 0) is 0 Å². The van der Waals surface area contributed by atoms with Crippen molar-refractivity contribution in [3.05, 3.63) is 40.8 Å². The Morgan fingerprint density at radius 2 is 2.07 bits per heavy atom. The molecule has 0 spiro atoms. The normalized spacial score (nSPS) is 9.40. The minimum atomic E-state index is -0.210. The smallest absolute Gasteiger partial charge is 0.252 e. The van der Waals surface area contributed by atoms with Gasteiger partial charge in [-0.25, -0.2) is 5.01 Å². The molecular weight excluding hydrogens is 194 g/mol. The van der Waals surface area contributed by atoms with Gasteiger partial charge in [0.15, 0.2) is 0 Å². The lowest BCUT2D eigenvalue weighted by Gasteiger charge is -2.13. The van der Waals surface area contributed by atoms with E-state index in [9.17, 15) is 9.70 Å². The second-order valence-corrected chi connectivity index (χ2v) is 2.93. The second-order valence-electron chi connectivity index (χ2n) is 2.93. The summed E-state index contributed by atoms with van der Waals surface area (Å²) in [4.78, 5) is 21.7. The van der Waals surface area contributed by atoms with Crippen molar-refractivity contribution in [3.63, 3.8) is 0 Å². The number of nitrogens with zero attached hydrogens (tertiary/aromatic N) is 2. The summed E-state index contributed by atoms with van der Waals surface area (Å²) in [5.74, 6) is -0.210. The number of nitrogens with one attached hydrogen (secondary N) is 1. The molecule has 80 valence electrons. The summed E-state index contributed by atoms with van der Waals surface area (Å²) in [7, 11) is 0. The first-order chi connectivity index (χ1) is 7.27. The first-order valence-electron chi connectivity index (χ1n) is 4.69. The predicted octanol–water partition coefficient (Wildman–Crippen LogP) is 1.38. The van der Waals surface area contributed by atoms with Gasteiger partial charge in [0, 0.05) is 12.1 Å². The summed E-state index contributed by atoms with van der Waals surface area (Å²) >= 11 is 0. The van der Waals surface area contributed by atoms with Crippen molar-refractivity contribution < 1.29 is 4.79 Å². The second kappa shape index (κ2) is 5.74. The molecule has 0 heterocycles. The molecule has 5 heteroatoms. The van der Waals surface area contributed by atoms with E-state index in [-0.39, 0.29) is 12.6 Å². The molecule has 0 bridgehead atoms. The third kappa shape index (κ3) is 3.38. The van der Waals surface area contributed by atoms with Gasteiger partial charge in [0.05, 0.1) is 5.29 Å². The Morgan fingerprint density at radius 3 is 2.60 bits per heavy atom. The lowest BCUT2D eigenvalue weighted by molar-refractivity contribution is 0.0924. The Kier molecular flexibility index (Phi) is 4.28. The fourth-order valence-corrected chi connectivity index (χ4v) is 1.05. The summed E-state index contributed by atoms with van der Waals surface area (Å²) in [5, 5.41) is 6.56. The number of carbonyl (C=O) groups is 1. The average Bonchev–Trinajstić information content (AvgIpc) is 2.31. The summed E-state index contributed by atoms with van der Waals surface area (Å²) in [6.07, 6.45) is 0. The lowest BCUT2D eigenvalue weighted by atomic mass is 10.2. The first kappa shape index (κ1) is 11.2. The van der Waals surface area contributed by atoms with Crippen LogP contribution in [0.1, 0.15) is 17.3 Å². The van der Waals surface area contributed by atoms with Gasteiger partial charge in [0.25, 0.3) is 5.91 Å². The Balaban J connectivity index is 2.46. The number of hydrogen-bond donors (Lipinski definition) is 1. The Morgan fingerprint density at radius 1 is 1.40 bits per heavy atom. The van der Waals surface area contributed by atoms with E-state index < -0.39 is 0 Å². The molecular formula is C10H13N3O2. The molecule has 15 heavy (non-hydrogen) atoms. The Bertz CT molecular complexity index is 327. The highest BCUT2D eigenvalue weighted by Crippen LogP contribution is 1.97. The fraction of sp³-hybridized carbons (Fsp3) is 0.300. The van der Waals surface area contributed by atoms with Gasteiger partial charge in [0.2, 0.25) is 0 Å². The zero-order chi connectivity index (χ0) is 11.1. The van der Waals surface area contributed by atoms with Crippen molar-refractivity contribution in [2.75, 3.05) is 13.2 Å². The Labute approximate surface area is 88.0 Å². The van der Waals surface area contributed by atoms with Crippen LogP contribution in [0, 0.1) is 4.91 Å². The Hall–Kier alpha value is -1.91. The highest BCUT2D eigenvalue weighted by molar-refractivity contribution is 5.94. The molecule has 0 saturated heterocycles. The molecule has 1 amide bonds. The van der Waals surface area contributed by atoms with Crippen LogP contribution in [0.15, 0.2) is 35.6 Å². The number of rotatable bonds is 5. The summed E-state index contributed by atoms with van der Waals surface area (Å²) in [6.45, 7) is 2.39. The highest BCUT2D eigenvalue weighted by atomic mass is 16.3. The maximum Gasteiger partial charge on any atom is 0.252 e. The van der Waals surface area contributed by atoms with E-state index in [1.807, 2.05) is 6.07 Å². The van der Waals surface area contributed by atoms with Gasteiger partial charge >= 0.3 is 0 Å². The van der Waals surface area contributed by atoms with Gasteiger partial charge in [-0.1, -0.05) is 18.2 Å². The molecule has 0 saturated carbocycles. The first-order valence-corrected chi connectivity index (χ1v) is 4.69. The number of amides is 1. The molecule has 1 aromatic rings. The zero-order valence-corrected chi connectivity index (χ0v) is 8.51. The van der Waals surface area contributed by atoms with E-state index in [1.165, 1.54) is 5.01 Å². The molecule has 1 N–H and O–H groups in total. The maximum absolute atomic E-state index is 11.5. The fourth-order valence-electron chi connectivity index (χ4n) is 1.05. The van der Waals surface area contributed by atoms with Crippen LogP contribution in [0.25, 0.3) is 0 Å². The van der Waals surface area contributed by atoms with E-state index in [4.69, 9.17) is 0 Å². The molecule has 0 aliphatic carbocycles. The topological polar surface area (TPSA) is 61.8 Å². The summed E-state index contributed by atoms with van der Waals surface area (Å²) in [5.41, 5.74) is 0.569. The molecule has 5 nitrogen and oxygen atoms in total. The van der Waals surface area contributed by atoms with E-state index in [0.29, 0.717) is 12.1 Å². The van der Waals surface area contributed by atoms with Crippen molar-refractivity contribution in [2.45, 2.75) is 6.92 Å². The molecule has 0 radical (unpaired) electrons. The molecule has 0 aliphatic rings. The van der Waals surface area contributed by atoms with Gasteiger partial charge in [-0.15, -0.1) is 4.91 Å². The standard InChI is InChI=1S/C10H13N3O2/c1-2-13(12-15)8-11-10(14)9-6-4-3-5-7-9/h3-7H,2,8H2,1H3,(H,11,14). The monoisotopic (exact) mass is 207 g/mol. The van der Waals surface area contributed by atoms with Crippen LogP contribution in [0.2, 0.25) is 0 Å². The van der Waals surface area contributed by atoms with Crippen molar-refractivity contribution in [2.24, 2.45) is 5.29 Å². The van der Waals surface area contributed by atoms with Crippen LogP contribution >= 0.6 is 0 Å². The molecule has 0 atom stereocenters.